The molecule has 0 spiro atoms. The van der Waals surface area contributed by atoms with Gasteiger partial charge in [0.05, 0.1) is 22.0 Å². The average molecular weight is 309 g/mol. The maximum Gasteiger partial charge on any atom is 0.417 e. The molecule has 3 rings (SSSR count). The van der Waals surface area contributed by atoms with Gasteiger partial charge in [-0.05, 0) is 24.3 Å². The summed E-state index contributed by atoms with van der Waals surface area (Å²) in [5.74, 6) is -1.06. The monoisotopic (exact) mass is 309 g/mol. The van der Waals surface area contributed by atoms with Crippen LogP contribution in [-0.2, 0) is 6.18 Å². The van der Waals surface area contributed by atoms with E-state index in [4.69, 9.17) is 4.42 Å². The van der Waals surface area contributed by atoms with Crippen LogP contribution in [0.5, 0.6) is 0 Å². The highest BCUT2D eigenvalue weighted by Gasteiger charge is 2.34. The molecule has 1 heterocycles. The maximum absolute atomic E-state index is 13.7. The highest BCUT2D eigenvalue weighted by atomic mass is 19.4. The van der Waals surface area contributed by atoms with E-state index in [1.807, 2.05) is 0 Å². The van der Waals surface area contributed by atoms with Gasteiger partial charge in [-0.2, -0.15) is 13.2 Å². The van der Waals surface area contributed by atoms with Gasteiger partial charge in [-0.15, -0.1) is 0 Å². The molecule has 3 aromatic rings. The number of rotatable bonds is 1. The van der Waals surface area contributed by atoms with E-state index in [0.29, 0.717) is 0 Å². The normalized spacial score (nSPS) is 11.8. The minimum atomic E-state index is -4.71. The molecule has 112 valence electrons. The topological polar surface area (TPSA) is 43.1 Å². The molecule has 7 heteroatoms. The Morgan fingerprint density at radius 1 is 1.00 bits per heavy atom. The minimum absolute atomic E-state index is 0.0982. The first-order chi connectivity index (χ1) is 10.4. The van der Waals surface area contributed by atoms with E-state index in [1.165, 1.54) is 24.3 Å². The van der Waals surface area contributed by atoms with E-state index in [2.05, 4.69) is 4.98 Å². The van der Waals surface area contributed by atoms with Gasteiger partial charge in [-0.1, -0.05) is 18.2 Å². The van der Waals surface area contributed by atoms with E-state index in [-0.39, 0.29) is 17.0 Å². The Hall–Kier alpha value is -2.70. The summed E-state index contributed by atoms with van der Waals surface area (Å²) in [7, 11) is 0. The molecule has 0 saturated heterocycles. The zero-order valence-electron chi connectivity index (χ0n) is 10.8. The van der Waals surface area contributed by atoms with Crippen LogP contribution in [0.15, 0.2) is 51.7 Å². The molecule has 0 saturated carbocycles. The summed E-state index contributed by atoms with van der Waals surface area (Å²) in [6.07, 6.45) is -4.71. The molecule has 0 N–H and O–H groups in total. The molecule has 0 fully saturated rings. The summed E-state index contributed by atoms with van der Waals surface area (Å²) in [5, 5.41) is -0.671. The number of nitrogens with zero attached hydrogens (tertiary/aromatic N) is 1. The van der Waals surface area contributed by atoms with Crippen molar-refractivity contribution in [3.8, 4) is 11.5 Å². The summed E-state index contributed by atoms with van der Waals surface area (Å²) in [6, 6.07) is 8.52. The van der Waals surface area contributed by atoms with Crippen LogP contribution in [0.25, 0.3) is 22.4 Å². The van der Waals surface area contributed by atoms with Crippen molar-refractivity contribution < 1.29 is 22.0 Å². The van der Waals surface area contributed by atoms with Crippen LogP contribution in [-0.4, -0.2) is 4.98 Å². The molecule has 0 aliphatic heterocycles. The van der Waals surface area contributed by atoms with Crippen LogP contribution >= 0.6 is 0 Å². The first-order valence-corrected chi connectivity index (χ1v) is 6.14. The van der Waals surface area contributed by atoms with E-state index in [1.54, 1.807) is 0 Å². The fraction of sp³-hybridized carbons (Fsp3) is 0.0667. The van der Waals surface area contributed by atoms with Gasteiger partial charge in [0.15, 0.2) is 0 Å². The van der Waals surface area contributed by atoms with Crippen LogP contribution in [0.3, 0.4) is 0 Å². The Labute approximate surface area is 120 Å². The molecule has 0 amide bonds. The zero-order valence-corrected chi connectivity index (χ0v) is 10.8. The van der Waals surface area contributed by atoms with E-state index in [9.17, 15) is 22.4 Å². The second-order valence-corrected chi connectivity index (χ2v) is 4.48. The predicted molar refractivity (Wildman–Crippen MR) is 70.7 cm³/mol. The van der Waals surface area contributed by atoms with Crippen molar-refractivity contribution in [2.45, 2.75) is 6.18 Å². The molecule has 0 bridgehead atoms. The molecule has 0 unspecified atom stereocenters. The lowest BCUT2D eigenvalue weighted by Gasteiger charge is -2.09. The van der Waals surface area contributed by atoms with Crippen molar-refractivity contribution in [3.05, 3.63) is 64.3 Å². The third kappa shape index (κ3) is 2.34. The van der Waals surface area contributed by atoms with Crippen molar-refractivity contribution in [3.63, 3.8) is 0 Å². The van der Waals surface area contributed by atoms with E-state index >= 15 is 0 Å². The Kier molecular flexibility index (Phi) is 3.20. The summed E-state index contributed by atoms with van der Waals surface area (Å²) < 4.78 is 57.2. The lowest BCUT2D eigenvalue weighted by atomic mass is 10.1. The van der Waals surface area contributed by atoms with Crippen molar-refractivity contribution in [1.82, 2.24) is 4.98 Å². The van der Waals surface area contributed by atoms with Gasteiger partial charge < -0.3 is 4.42 Å². The molecule has 0 radical (unpaired) electrons. The number of alkyl halides is 3. The number of hydrogen-bond donors (Lipinski definition) is 0. The summed E-state index contributed by atoms with van der Waals surface area (Å²) in [5.41, 5.74) is -2.65. The Balaban J connectivity index is 2.32. The second-order valence-electron chi connectivity index (χ2n) is 4.48. The highest BCUT2D eigenvalue weighted by Crippen LogP contribution is 2.33. The van der Waals surface area contributed by atoms with Crippen molar-refractivity contribution >= 4 is 10.9 Å². The third-order valence-corrected chi connectivity index (χ3v) is 3.07. The number of hydrogen-bond acceptors (Lipinski definition) is 3. The van der Waals surface area contributed by atoms with Gasteiger partial charge in [0.1, 0.15) is 5.82 Å². The van der Waals surface area contributed by atoms with Crippen molar-refractivity contribution in [1.29, 1.82) is 0 Å². The maximum atomic E-state index is 13.7. The number of benzene rings is 2. The van der Waals surface area contributed by atoms with Crippen molar-refractivity contribution in [2.75, 3.05) is 0 Å². The Morgan fingerprint density at radius 2 is 1.73 bits per heavy atom. The highest BCUT2D eigenvalue weighted by molar-refractivity contribution is 5.82. The van der Waals surface area contributed by atoms with Crippen molar-refractivity contribution in [2.24, 2.45) is 0 Å². The van der Waals surface area contributed by atoms with Gasteiger partial charge in [0, 0.05) is 0 Å². The largest absolute Gasteiger partial charge is 0.417 e. The lowest BCUT2D eigenvalue weighted by molar-refractivity contribution is -0.136. The molecular weight excluding hydrogens is 302 g/mol. The standard InChI is InChI=1S/C15H7F4NO2/c16-10-6-2-1-4-8(10)13-20-11-7-3-5-9(15(17,18)19)12(11)14(21)22-13/h1-7H. The molecule has 0 atom stereocenters. The first kappa shape index (κ1) is 14.2. The average Bonchev–Trinajstić information content (AvgIpc) is 2.46. The smallest absolute Gasteiger partial charge is 0.403 e. The van der Waals surface area contributed by atoms with Gasteiger partial charge in [0.2, 0.25) is 5.89 Å². The molecule has 3 nitrogen and oxygen atoms in total. The zero-order chi connectivity index (χ0) is 15.9. The van der Waals surface area contributed by atoms with E-state index < -0.39 is 28.6 Å². The van der Waals surface area contributed by atoms with Crippen LogP contribution in [0.1, 0.15) is 5.56 Å². The quantitative estimate of drug-likeness (QED) is 0.638. The minimum Gasteiger partial charge on any atom is -0.403 e. The SMILES string of the molecule is O=c1oc(-c2ccccc2F)nc2cccc(C(F)(F)F)c12. The van der Waals surface area contributed by atoms with Gasteiger partial charge in [-0.25, -0.2) is 14.2 Å². The van der Waals surface area contributed by atoms with Crippen LogP contribution in [0.2, 0.25) is 0 Å². The summed E-state index contributed by atoms with van der Waals surface area (Å²) in [6.45, 7) is 0. The lowest BCUT2D eigenvalue weighted by Crippen LogP contribution is -2.13. The number of fused-ring (bicyclic) bond motifs is 1. The van der Waals surface area contributed by atoms with Crippen LogP contribution in [0.4, 0.5) is 17.6 Å². The molecule has 22 heavy (non-hydrogen) atoms. The van der Waals surface area contributed by atoms with Gasteiger partial charge >= 0.3 is 11.8 Å². The van der Waals surface area contributed by atoms with Crippen LogP contribution < -0.4 is 5.63 Å². The van der Waals surface area contributed by atoms with Crippen LogP contribution in [0, 0.1) is 5.82 Å². The Morgan fingerprint density at radius 3 is 2.41 bits per heavy atom. The van der Waals surface area contributed by atoms with Gasteiger partial charge in [0.25, 0.3) is 0 Å². The second kappa shape index (κ2) is 4.94. The van der Waals surface area contributed by atoms with Gasteiger partial charge in [-0.3, -0.25) is 0 Å². The third-order valence-electron chi connectivity index (χ3n) is 3.07. The molecule has 1 aromatic heterocycles. The fourth-order valence-corrected chi connectivity index (χ4v) is 2.10. The fourth-order valence-electron chi connectivity index (χ4n) is 2.10. The summed E-state index contributed by atoms with van der Waals surface area (Å²) in [4.78, 5) is 15.8. The molecule has 0 aliphatic carbocycles. The number of halogens is 4. The first-order valence-electron chi connectivity index (χ1n) is 6.14. The number of aromatic nitrogens is 1. The predicted octanol–water partition coefficient (Wildman–Crippen LogP) is 4.01. The summed E-state index contributed by atoms with van der Waals surface area (Å²) >= 11 is 0. The molecule has 2 aromatic carbocycles. The molecule has 0 aliphatic rings. The Bertz CT molecular complexity index is 915. The molecular formula is C15H7F4NO2. The van der Waals surface area contributed by atoms with E-state index in [0.717, 1.165) is 18.2 Å².